The highest BCUT2D eigenvalue weighted by Crippen LogP contribution is 2.24. The Bertz CT molecular complexity index is 852. The quantitative estimate of drug-likeness (QED) is 0.758. The molecular weight excluding hydrogens is 363 g/mol. The third kappa shape index (κ3) is 5.22. The Labute approximate surface area is 163 Å². The third-order valence-corrected chi connectivity index (χ3v) is 4.48. The topological polar surface area (TPSA) is 69.2 Å². The van der Waals surface area contributed by atoms with Gasteiger partial charge in [-0.3, -0.25) is 4.79 Å². The predicted octanol–water partition coefficient (Wildman–Crippen LogP) is 2.89. The number of hydrogen-bond donors (Lipinski definition) is 1. The summed E-state index contributed by atoms with van der Waals surface area (Å²) in [5.41, 5.74) is 2.60. The van der Waals surface area contributed by atoms with Crippen molar-refractivity contribution < 1.29 is 23.5 Å². The van der Waals surface area contributed by atoms with Gasteiger partial charge in [0.05, 0.1) is 32.9 Å². The maximum atomic E-state index is 13.0. The van der Waals surface area contributed by atoms with Gasteiger partial charge in [-0.15, -0.1) is 0 Å². The minimum Gasteiger partial charge on any atom is -0.497 e. The van der Waals surface area contributed by atoms with Crippen LogP contribution >= 0.6 is 0 Å². The first kappa shape index (κ1) is 19.7. The zero-order valence-corrected chi connectivity index (χ0v) is 15.9. The molecule has 6 nitrogen and oxygen atoms in total. The maximum Gasteiger partial charge on any atom is 0.224 e. The number of halogens is 1. The Morgan fingerprint density at radius 2 is 2.00 bits per heavy atom. The summed E-state index contributed by atoms with van der Waals surface area (Å²) < 4.78 is 23.5. The SMILES string of the molecule is COc1ccc(OC)c(CC(=O)NC[C@@H]2CC(Cc3ccc(F)cc3)=NO2)c1. The van der Waals surface area contributed by atoms with Gasteiger partial charge in [0.15, 0.2) is 0 Å². The molecule has 0 bridgehead atoms. The zero-order chi connectivity index (χ0) is 19.9. The summed E-state index contributed by atoms with van der Waals surface area (Å²) in [6.45, 7) is 0.363. The molecule has 7 heteroatoms. The lowest BCUT2D eigenvalue weighted by Gasteiger charge is -2.12. The van der Waals surface area contributed by atoms with Gasteiger partial charge in [0.1, 0.15) is 23.4 Å². The predicted molar refractivity (Wildman–Crippen MR) is 103 cm³/mol. The summed E-state index contributed by atoms with van der Waals surface area (Å²) in [5.74, 6) is 0.906. The first-order valence-electron chi connectivity index (χ1n) is 9.01. The molecule has 0 aliphatic carbocycles. The minimum absolute atomic E-state index is 0.137. The van der Waals surface area contributed by atoms with Crippen molar-refractivity contribution in [2.75, 3.05) is 20.8 Å². The lowest BCUT2D eigenvalue weighted by atomic mass is 10.0. The smallest absolute Gasteiger partial charge is 0.224 e. The van der Waals surface area contributed by atoms with Gasteiger partial charge in [-0.1, -0.05) is 17.3 Å². The van der Waals surface area contributed by atoms with Crippen LogP contribution in [0.4, 0.5) is 4.39 Å². The van der Waals surface area contributed by atoms with Crippen LogP contribution in [0, 0.1) is 5.82 Å². The van der Waals surface area contributed by atoms with Crippen molar-refractivity contribution in [3.05, 3.63) is 59.4 Å². The third-order valence-electron chi connectivity index (χ3n) is 4.48. The molecule has 1 N–H and O–H groups in total. The van der Waals surface area contributed by atoms with Crippen molar-refractivity contribution >= 4 is 11.6 Å². The van der Waals surface area contributed by atoms with E-state index in [0.717, 1.165) is 16.8 Å². The van der Waals surface area contributed by atoms with E-state index in [2.05, 4.69) is 10.5 Å². The van der Waals surface area contributed by atoms with Crippen LogP contribution in [-0.2, 0) is 22.5 Å². The maximum absolute atomic E-state index is 13.0. The van der Waals surface area contributed by atoms with E-state index < -0.39 is 0 Å². The fourth-order valence-electron chi connectivity index (χ4n) is 3.02. The van der Waals surface area contributed by atoms with E-state index in [1.807, 2.05) is 0 Å². The summed E-state index contributed by atoms with van der Waals surface area (Å²) in [5, 5.41) is 6.95. The van der Waals surface area contributed by atoms with Crippen molar-refractivity contribution in [2.45, 2.75) is 25.4 Å². The molecule has 0 spiro atoms. The Morgan fingerprint density at radius 1 is 1.21 bits per heavy atom. The second kappa shape index (κ2) is 9.21. The number of hydrogen-bond acceptors (Lipinski definition) is 5. The lowest BCUT2D eigenvalue weighted by molar-refractivity contribution is -0.121. The Balaban J connectivity index is 1.46. The van der Waals surface area contributed by atoms with Gasteiger partial charge in [-0.2, -0.15) is 0 Å². The number of ether oxygens (including phenoxy) is 2. The molecule has 0 saturated carbocycles. The highest BCUT2D eigenvalue weighted by molar-refractivity contribution is 5.87. The molecule has 0 unspecified atom stereocenters. The van der Waals surface area contributed by atoms with Crippen LogP contribution in [0.25, 0.3) is 0 Å². The van der Waals surface area contributed by atoms with E-state index >= 15 is 0 Å². The summed E-state index contributed by atoms with van der Waals surface area (Å²) >= 11 is 0. The van der Waals surface area contributed by atoms with Crippen molar-refractivity contribution in [1.29, 1.82) is 0 Å². The molecular formula is C21H23FN2O4. The number of carbonyl (C=O) groups is 1. The number of nitrogens with one attached hydrogen (secondary N) is 1. The summed E-state index contributed by atoms with van der Waals surface area (Å²) in [6.07, 6.45) is 1.20. The molecule has 0 fully saturated rings. The van der Waals surface area contributed by atoms with Gasteiger partial charge in [0.2, 0.25) is 5.91 Å². The van der Waals surface area contributed by atoms with Gasteiger partial charge in [-0.05, 0) is 35.9 Å². The van der Waals surface area contributed by atoms with Crippen molar-refractivity contribution in [1.82, 2.24) is 5.32 Å². The van der Waals surface area contributed by atoms with Gasteiger partial charge < -0.3 is 19.6 Å². The second-order valence-corrected chi connectivity index (χ2v) is 6.55. The Hall–Kier alpha value is -3.09. The van der Waals surface area contributed by atoms with Crippen LogP contribution in [-0.4, -0.2) is 38.5 Å². The van der Waals surface area contributed by atoms with Gasteiger partial charge >= 0.3 is 0 Å². The molecule has 1 amide bonds. The lowest BCUT2D eigenvalue weighted by Crippen LogP contribution is -2.33. The van der Waals surface area contributed by atoms with Crippen molar-refractivity contribution in [3.63, 3.8) is 0 Å². The number of methoxy groups -OCH3 is 2. The number of oxime groups is 1. The molecule has 1 aliphatic rings. The molecule has 3 rings (SSSR count). The van der Waals surface area contributed by atoms with Crippen molar-refractivity contribution in [2.24, 2.45) is 5.16 Å². The van der Waals surface area contributed by atoms with Crippen LogP contribution in [0.2, 0.25) is 0 Å². The van der Waals surface area contributed by atoms with Gasteiger partial charge in [0.25, 0.3) is 0 Å². The van der Waals surface area contributed by atoms with Crippen LogP contribution in [0.15, 0.2) is 47.6 Å². The summed E-state index contributed by atoms with van der Waals surface area (Å²) in [6, 6.07) is 11.7. The minimum atomic E-state index is -0.262. The summed E-state index contributed by atoms with van der Waals surface area (Å²) in [7, 11) is 3.14. The van der Waals surface area contributed by atoms with Crippen LogP contribution in [0.3, 0.4) is 0 Å². The van der Waals surface area contributed by atoms with Crippen LogP contribution in [0.5, 0.6) is 11.5 Å². The Kier molecular flexibility index (Phi) is 6.47. The molecule has 0 radical (unpaired) electrons. The standard InChI is InChI=1S/C21H23FN2O4/c1-26-18-7-8-20(27-2)15(10-18)11-21(25)23-13-19-12-17(24-28-19)9-14-3-5-16(22)6-4-14/h3-8,10,19H,9,11-13H2,1-2H3,(H,23,25)/t19-/m0/s1. The van der Waals surface area contributed by atoms with Gasteiger partial charge in [0, 0.05) is 18.4 Å². The molecule has 2 aromatic rings. The normalized spacial score (nSPS) is 15.5. The van der Waals surface area contributed by atoms with E-state index in [1.165, 1.54) is 12.1 Å². The first-order chi connectivity index (χ1) is 13.6. The monoisotopic (exact) mass is 386 g/mol. The fourth-order valence-corrected chi connectivity index (χ4v) is 3.02. The van der Waals surface area contributed by atoms with E-state index in [0.29, 0.717) is 30.9 Å². The highest BCUT2D eigenvalue weighted by Gasteiger charge is 2.22. The molecule has 1 aliphatic heterocycles. The van der Waals surface area contributed by atoms with Crippen LogP contribution < -0.4 is 14.8 Å². The number of benzene rings is 2. The van der Waals surface area contributed by atoms with Crippen molar-refractivity contribution in [3.8, 4) is 11.5 Å². The molecule has 2 aromatic carbocycles. The van der Waals surface area contributed by atoms with E-state index in [1.54, 1.807) is 44.6 Å². The molecule has 1 heterocycles. The summed E-state index contributed by atoms with van der Waals surface area (Å²) in [4.78, 5) is 17.7. The number of carbonyl (C=O) groups excluding carboxylic acids is 1. The molecule has 1 atom stereocenters. The van der Waals surface area contributed by atoms with Gasteiger partial charge in [-0.25, -0.2) is 4.39 Å². The largest absolute Gasteiger partial charge is 0.497 e. The number of rotatable bonds is 8. The van der Waals surface area contributed by atoms with Crippen LogP contribution in [0.1, 0.15) is 17.5 Å². The molecule has 0 saturated heterocycles. The average Bonchev–Trinajstić information content (AvgIpc) is 3.15. The molecule has 148 valence electrons. The fraction of sp³-hybridized carbons (Fsp3) is 0.333. The number of amides is 1. The van der Waals surface area contributed by atoms with E-state index in [-0.39, 0.29) is 24.2 Å². The average molecular weight is 386 g/mol. The van der Waals surface area contributed by atoms with E-state index in [9.17, 15) is 9.18 Å². The molecule has 28 heavy (non-hydrogen) atoms. The first-order valence-corrected chi connectivity index (χ1v) is 9.01. The van der Waals surface area contributed by atoms with E-state index in [4.69, 9.17) is 14.3 Å². The Morgan fingerprint density at radius 3 is 2.71 bits per heavy atom. The zero-order valence-electron chi connectivity index (χ0n) is 15.9. The molecule has 0 aromatic heterocycles. The number of nitrogens with zero attached hydrogens (tertiary/aromatic N) is 1. The second-order valence-electron chi connectivity index (χ2n) is 6.55. The highest BCUT2D eigenvalue weighted by atomic mass is 19.1.